The fourth-order valence-corrected chi connectivity index (χ4v) is 2.84. The Morgan fingerprint density at radius 2 is 1.97 bits per heavy atom. The third kappa shape index (κ3) is 6.07. The minimum Gasteiger partial charge on any atom is -0.493 e. The average molecular weight is 400 g/mol. The number of pyridine rings is 1. The zero-order valence-electron chi connectivity index (χ0n) is 16.9. The highest BCUT2D eigenvalue weighted by atomic mass is 16.5. The fraction of sp³-hybridized carbons (Fsp3) is 0.120. The number of ether oxygens (including phenoxy) is 2. The van der Waals surface area contributed by atoms with E-state index in [-0.39, 0.29) is 12.5 Å². The van der Waals surface area contributed by atoms with Crippen LogP contribution >= 0.6 is 0 Å². The number of benzene rings is 2. The lowest BCUT2D eigenvalue weighted by Crippen LogP contribution is -2.20. The van der Waals surface area contributed by atoms with E-state index in [1.165, 1.54) is 0 Å². The number of nitrogens with zero attached hydrogens (tertiary/aromatic N) is 1. The van der Waals surface area contributed by atoms with Crippen molar-refractivity contribution in [2.45, 2.75) is 6.42 Å². The van der Waals surface area contributed by atoms with Gasteiger partial charge >= 0.3 is 0 Å². The molecule has 0 spiro atoms. The molecule has 0 unspecified atom stereocenters. The van der Waals surface area contributed by atoms with E-state index in [1.807, 2.05) is 72.8 Å². The second kappa shape index (κ2) is 10.6. The number of hydrogen-bond donors (Lipinski definition) is 1. The van der Waals surface area contributed by atoms with Crippen molar-refractivity contribution in [1.82, 2.24) is 4.98 Å². The number of anilines is 1. The summed E-state index contributed by atoms with van der Waals surface area (Å²) in [6.07, 6.45) is 8.18. The SMILES string of the molecule is C=CCc1ccc(OCC(=O)Nc2cccc(/C=C/c3ccccn3)c2)c(OC)c1. The topological polar surface area (TPSA) is 60.5 Å². The van der Waals surface area contributed by atoms with Crippen LogP contribution in [0.3, 0.4) is 0 Å². The first-order chi connectivity index (χ1) is 14.7. The second-order valence-electron chi connectivity index (χ2n) is 6.53. The smallest absolute Gasteiger partial charge is 0.262 e. The van der Waals surface area contributed by atoms with Crippen LogP contribution in [0.15, 0.2) is 79.5 Å². The lowest BCUT2D eigenvalue weighted by molar-refractivity contribution is -0.118. The molecular formula is C25H24N2O3. The molecule has 0 aliphatic rings. The van der Waals surface area contributed by atoms with Gasteiger partial charge in [-0.3, -0.25) is 9.78 Å². The molecule has 0 fully saturated rings. The van der Waals surface area contributed by atoms with Gasteiger partial charge in [-0.1, -0.05) is 36.4 Å². The zero-order chi connectivity index (χ0) is 21.2. The van der Waals surface area contributed by atoms with Gasteiger partial charge in [0.15, 0.2) is 18.1 Å². The number of amides is 1. The summed E-state index contributed by atoms with van der Waals surface area (Å²) in [5, 5.41) is 2.85. The molecule has 5 heteroatoms. The van der Waals surface area contributed by atoms with Crippen LogP contribution < -0.4 is 14.8 Å². The highest BCUT2D eigenvalue weighted by Gasteiger charge is 2.09. The van der Waals surface area contributed by atoms with E-state index in [9.17, 15) is 4.79 Å². The lowest BCUT2D eigenvalue weighted by Gasteiger charge is -2.12. The molecule has 1 aromatic heterocycles. The van der Waals surface area contributed by atoms with Crippen LogP contribution in [0.1, 0.15) is 16.8 Å². The quantitative estimate of drug-likeness (QED) is 0.513. The molecule has 0 radical (unpaired) electrons. The maximum atomic E-state index is 12.3. The number of nitrogens with one attached hydrogen (secondary N) is 1. The van der Waals surface area contributed by atoms with Crippen LogP contribution in [0.25, 0.3) is 12.2 Å². The molecule has 0 aliphatic carbocycles. The van der Waals surface area contributed by atoms with Crippen LogP contribution in [-0.2, 0) is 11.2 Å². The van der Waals surface area contributed by atoms with Gasteiger partial charge in [-0.25, -0.2) is 0 Å². The standard InChI is InChI=1S/C25H24N2O3/c1-3-7-19-12-14-23(24(17-19)29-2)30-18-25(28)27-22-10-6-8-20(16-22)11-13-21-9-4-5-15-26-21/h3-6,8-17H,1,7,18H2,2H3,(H,27,28)/b13-11+. The van der Waals surface area contributed by atoms with E-state index >= 15 is 0 Å². The minimum atomic E-state index is -0.252. The minimum absolute atomic E-state index is 0.120. The molecule has 1 N–H and O–H groups in total. The van der Waals surface area contributed by atoms with Crippen molar-refractivity contribution in [2.75, 3.05) is 19.0 Å². The van der Waals surface area contributed by atoms with Gasteiger partial charge in [0.25, 0.3) is 5.91 Å². The van der Waals surface area contributed by atoms with E-state index < -0.39 is 0 Å². The predicted octanol–water partition coefficient (Wildman–Crippen LogP) is 5.01. The van der Waals surface area contributed by atoms with Crippen LogP contribution in [0.2, 0.25) is 0 Å². The Labute approximate surface area is 176 Å². The van der Waals surface area contributed by atoms with E-state index in [0.29, 0.717) is 17.2 Å². The van der Waals surface area contributed by atoms with Crippen molar-refractivity contribution in [3.63, 3.8) is 0 Å². The molecule has 0 atom stereocenters. The summed E-state index contributed by atoms with van der Waals surface area (Å²) in [7, 11) is 1.57. The van der Waals surface area contributed by atoms with Gasteiger partial charge in [-0.15, -0.1) is 6.58 Å². The van der Waals surface area contributed by atoms with Crippen LogP contribution in [0.5, 0.6) is 11.5 Å². The van der Waals surface area contributed by atoms with Gasteiger partial charge < -0.3 is 14.8 Å². The van der Waals surface area contributed by atoms with E-state index in [1.54, 1.807) is 19.4 Å². The number of carbonyl (C=O) groups is 1. The van der Waals surface area contributed by atoms with Crippen molar-refractivity contribution < 1.29 is 14.3 Å². The van der Waals surface area contributed by atoms with Crippen LogP contribution in [0.4, 0.5) is 5.69 Å². The summed E-state index contributed by atoms with van der Waals surface area (Å²) in [5.41, 5.74) is 3.58. The van der Waals surface area contributed by atoms with Crippen molar-refractivity contribution in [1.29, 1.82) is 0 Å². The summed E-state index contributed by atoms with van der Waals surface area (Å²) < 4.78 is 11.0. The molecule has 0 saturated heterocycles. The van der Waals surface area contributed by atoms with Gasteiger partial charge in [0.05, 0.1) is 12.8 Å². The maximum absolute atomic E-state index is 12.3. The van der Waals surface area contributed by atoms with E-state index in [2.05, 4.69) is 16.9 Å². The first-order valence-electron chi connectivity index (χ1n) is 9.57. The second-order valence-corrected chi connectivity index (χ2v) is 6.53. The van der Waals surface area contributed by atoms with Crippen molar-refractivity contribution in [3.05, 3.63) is 96.3 Å². The molecule has 1 amide bonds. The highest BCUT2D eigenvalue weighted by Crippen LogP contribution is 2.28. The van der Waals surface area contributed by atoms with Gasteiger partial charge in [-0.2, -0.15) is 0 Å². The highest BCUT2D eigenvalue weighted by molar-refractivity contribution is 5.92. The molecule has 2 aromatic carbocycles. The van der Waals surface area contributed by atoms with Gasteiger partial charge in [0.1, 0.15) is 0 Å². The molecule has 30 heavy (non-hydrogen) atoms. The van der Waals surface area contributed by atoms with Gasteiger partial charge in [0.2, 0.25) is 0 Å². The Kier molecular flexibility index (Phi) is 7.39. The summed E-state index contributed by atoms with van der Waals surface area (Å²) in [4.78, 5) is 16.6. The van der Waals surface area contributed by atoms with E-state index in [4.69, 9.17) is 9.47 Å². The number of carbonyl (C=O) groups excluding carboxylic acids is 1. The molecule has 1 heterocycles. The molecule has 152 valence electrons. The molecule has 3 rings (SSSR count). The first-order valence-corrected chi connectivity index (χ1v) is 9.57. The zero-order valence-corrected chi connectivity index (χ0v) is 16.9. The van der Waals surface area contributed by atoms with Crippen molar-refractivity contribution in [2.24, 2.45) is 0 Å². The first kappa shape index (κ1) is 20.9. The average Bonchev–Trinajstić information content (AvgIpc) is 2.78. The summed E-state index contributed by atoms with van der Waals surface area (Å²) in [6, 6.07) is 18.9. The summed E-state index contributed by atoms with van der Waals surface area (Å²) in [5.74, 6) is 0.856. The molecule has 0 saturated carbocycles. The number of rotatable bonds is 9. The molecular weight excluding hydrogens is 376 g/mol. The maximum Gasteiger partial charge on any atom is 0.262 e. The third-order valence-corrected chi connectivity index (χ3v) is 4.27. The van der Waals surface area contributed by atoms with Crippen LogP contribution in [0, 0.1) is 0 Å². The van der Waals surface area contributed by atoms with Crippen molar-refractivity contribution in [3.8, 4) is 11.5 Å². The number of aromatic nitrogens is 1. The largest absolute Gasteiger partial charge is 0.493 e. The molecule has 5 nitrogen and oxygen atoms in total. The number of hydrogen-bond acceptors (Lipinski definition) is 4. The van der Waals surface area contributed by atoms with E-state index in [0.717, 1.165) is 23.2 Å². The number of allylic oxidation sites excluding steroid dienone is 1. The summed E-state index contributed by atoms with van der Waals surface area (Å²) >= 11 is 0. The number of methoxy groups -OCH3 is 1. The van der Waals surface area contributed by atoms with Crippen molar-refractivity contribution >= 4 is 23.7 Å². The Hall–Kier alpha value is -3.86. The Balaban J connectivity index is 1.59. The molecule has 0 aliphatic heterocycles. The fourth-order valence-electron chi connectivity index (χ4n) is 2.84. The summed E-state index contributed by atoms with van der Waals surface area (Å²) in [6.45, 7) is 3.61. The molecule has 3 aromatic rings. The van der Waals surface area contributed by atoms with Gasteiger partial charge in [-0.05, 0) is 60.0 Å². The lowest BCUT2D eigenvalue weighted by atomic mass is 10.1. The predicted molar refractivity (Wildman–Crippen MR) is 121 cm³/mol. The normalized spacial score (nSPS) is 10.6. The Morgan fingerprint density at radius 1 is 1.07 bits per heavy atom. The molecule has 0 bridgehead atoms. The monoisotopic (exact) mass is 400 g/mol. The Bertz CT molecular complexity index is 1030. The third-order valence-electron chi connectivity index (χ3n) is 4.27. The Morgan fingerprint density at radius 3 is 2.73 bits per heavy atom. The van der Waals surface area contributed by atoms with Gasteiger partial charge in [0, 0.05) is 11.9 Å². The van der Waals surface area contributed by atoms with Crippen LogP contribution in [-0.4, -0.2) is 24.6 Å².